The number of anilines is 1. The predicted molar refractivity (Wildman–Crippen MR) is 183 cm³/mol. The van der Waals surface area contributed by atoms with Crippen LogP contribution in [0.3, 0.4) is 0 Å². The van der Waals surface area contributed by atoms with Crippen molar-refractivity contribution in [1.29, 1.82) is 5.41 Å². The lowest BCUT2D eigenvalue weighted by molar-refractivity contribution is -0.146. The van der Waals surface area contributed by atoms with Gasteiger partial charge in [-0.1, -0.05) is 60.7 Å². The van der Waals surface area contributed by atoms with Gasteiger partial charge in [0, 0.05) is 29.3 Å². The van der Waals surface area contributed by atoms with Gasteiger partial charge in [-0.25, -0.2) is 13.2 Å². The first-order chi connectivity index (χ1) is 23.0. The number of pyridine rings is 1. The smallest absolute Gasteiger partial charge is 0.328 e. The number of amidine groups is 1. The number of rotatable bonds is 12. The highest BCUT2D eigenvalue weighted by molar-refractivity contribution is 7.93. The van der Waals surface area contributed by atoms with E-state index in [-0.39, 0.29) is 41.0 Å². The molecule has 0 radical (unpaired) electrons. The van der Waals surface area contributed by atoms with Gasteiger partial charge >= 0.3 is 5.97 Å². The monoisotopic (exact) mass is 666 g/mol. The first-order valence-corrected chi connectivity index (χ1v) is 16.5. The Hall–Kier alpha value is -5.82. The highest BCUT2D eigenvalue weighted by Crippen LogP contribution is 2.31. The summed E-state index contributed by atoms with van der Waals surface area (Å²) in [5.41, 5.74) is 7.68. The van der Waals surface area contributed by atoms with E-state index in [2.05, 4.69) is 15.6 Å². The molecular weight excluding hydrogens is 632 g/mol. The van der Waals surface area contributed by atoms with E-state index in [0.717, 1.165) is 9.87 Å². The number of amides is 2. The molecule has 0 saturated heterocycles. The van der Waals surface area contributed by atoms with Crippen LogP contribution in [0.15, 0.2) is 102 Å². The third-order valence-corrected chi connectivity index (χ3v) is 9.39. The Morgan fingerprint density at radius 3 is 2.40 bits per heavy atom. The SMILES string of the molecule is CCOC(=O)C(C)NC(=O)CN(c1ccc2c(C(=O)NCc3ccc(C(=N)N)cc3)cccc2c1)S(=O)(=O)c1cccc2cccnc12. The van der Waals surface area contributed by atoms with Gasteiger partial charge in [0.2, 0.25) is 5.91 Å². The Balaban J connectivity index is 1.48. The average molecular weight is 667 g/mol. The highest BCUT2D eigenvalue weighted by atomic mass is 32.2. The van der Waals surface area contributed by atoms with Crippen molar-refractivity contribution < 1.29 is 27.5 Å². The van der Waals surface area contributed by atoms with Crippen LogP contribution < -0.4 is 20.7 Å². The number of ether oxygens (including phenoxy) is 1. The summed E-state index contributed by atoms with van der Waals surface area (Å²) in [6.45, 7) is 2.80. The fraction of sp³-hybridized carbons (Fsp3) is 0.171. The van der Waals surface area contributed by atoms with Crippen LogP contribution >= 0.6 is 0 Å². The fourth-order valence-corrected chi connectivity index (χ4v) is 6.75. The molecule has 1 atom stereocenters. The van der Waals surface area contributed by atoms with Gasteiger partial charge in [-0.2, -0.15) is 0 Å². The molecule has 12 nitrogen and oxygen atoms in total. The molecule has 5 rings (SSSR count). The molecule has 0 saturated carbocycles. The molecule has 0 spiro atoms. The molecule has 0 bridgehead atoms. The minimum absolute atomic E-state index is 0.0484. The Labute approximate surface area is 277 Å². The van der Waals surface area contributed by atoms with Gasteiger partial charge in [0.1, 0.15) is 23.3 Å². The highest BCUT2D eigenvalue weighted by Gasteiger charge is 2.30. The third-order valence-electron chi connectivity index (χ3n) is 7.58. The van der Waals surface area contributed by atoms with Gasteiger partial charge in [0.25, 0.3) is 15.9 Å². The van der Waals surface area contributed by atoms with Crippen LogP contribution in [0.2, 0.25) is 0 Å². The molecule has 1 aromatic heterocycles. The van der Waals surface area contributed by atoms with Crippen molar-refractivity contribution in [3.05, 3.63) is 114 Å². The van der Waals surface area contributed by atoms with Crippen LogP contribution in [0.25, 0.3) is 21.7 Å². The number of benzene rings is 4. The summed E-state index contributed by atoms with van der Waals surface area (Å²) < 4.78 is 34.6. The maximum Gasteiger partial charge on any atom is 0.328 e. The van der Waals surface area contributed by atoms with E-state index in [0.29, 0.717) is 27.3 Å². The van der Waals surface area contributed by atoms with Crippen molar-refractivity contribution in [2.24, 2.45) is 5.73 Å². The average Bonchev–Trinajstić information content (AvgIpc) is 3.08. The number of sulfonamides is 1. The van der Waals surface area contributed by atoms with Crippen LogP contribution in [0.1, 0.15) is 35.3 Å². The lowest BCUT2D eigenvalue weighted by Gasteiger charge is -2.25. The van der Waals surface area contributed by atoms with Crippen LogP contribution in [-0.4, -0.2) is 56.2 Å². The van der Waals surface area contributed by atoms with E-state index in [4.69, 9.17) is 15.9 Å². The van der Waals surface area contributed by atoms with Crippen molar-refractivity contribution in [2.45, 2.75) is 31.3 Å². The largest absolute Gasteiger partial charge is 0.464 e. The van der Waals surface area contributed by atoms with E-state index < -0.39 is 34.5 Å². The van der Waals surface area contributed by atoms with Gasteiger partial charge in [0.15, 0.2) is 0 Å². The van der Waals surface area contributed by atoms with Gasteiger partial charge in [0.05, 0.1) is 17.8 Å². The van der Waals surface area contributed by atoms with Crippen LogP contribution in [0.4, 0.5) is 5.69 Å². The first kappa shape index (κ1) is 33.5. The molecule has 0 aliphatic rings. The minimum atomic E-state index is -4.39. The number of nitrogens with zero attached hydrogens (tertiary/aromatic N) is 2. The van der Waals surface area contributed by atoms with Gasteiger partial charge < -0.3 is 21.1 Å². The second kappa shape index (κ2) is 14.3. The lowest BCUT2D eigenvalue weighted by atomic mass is 10.0. The predicted octanol–water partition coefficient (Wildman–Crippen LogP) is 3.87. The topological polar surface area (TPSA) is 185 Å². The zero-order valence-electron chi connectivity index (χ0n) is 26.3. The Bertz CT molecular complexity index is 2130. The van der Waals surface area contributed by atoms with Crippen molar-refractivity contribution in [2.75, 3.05) is 17.5 Å². The molecule has 48 heavy (non-hydrogen) atoms. The molecule has 4 aromatic carbocycles. The van der Waals surface area contributed by atoms with Crippen molar-refractivity contribution >= 4 is 61.0 Å². The summed E-state index contributed by atoms with van der Waals surface area (Å²) >= 11 is 0. The van der Waals surface area contributed by atoms with Crippen molar-refractivity contribution in [3.63, 3.8) is 0 Å². The number of para-hydroxylation sites is 1. The second-order valence-electron chi connectivity index (χ2n) is 10.9. The summed E-state index contributed by atoms with van der Waals surface area (Å²) in [7, 11) is -4.39. The zero-order valence-corrected chi connectivity index (χ0v) is 27.1. The number of nitrogens with one attached hydrogen (secondary N) is 3. The third kappa shape index (κ3) is 7.26. The molecule has 2 amide bonds. The van der Waals surface area contributed by atoms with Crippen LogP contribution in [-0.2, 0) is 30.9 Å². The molecule has 13 heteroatoms. The number of carbonyl (C=O) groups excluding carboxylic acids is 3. The number of hydrogen-bond acceptors (Lipinski definition) is 8. The fourth-order valence-electron chi connectivity index (χ4n) is 5.17. The zero-order chi connectivity index (χ0) is 34.4. The molecule has 246 valence electrons. The number of hydrogen-bond donors (Lipinski definition) is 4. The number of aromatic nitrogens is 1. The van der Waals surface area contributed by atoms with E-state index in [1.54, 1.807) is 85.8 Å². The molecule has 1 heterocycles. The normalized spacial score (nSPS) is 11.9. The molecule has 1 unspecified atom stereocenters. The standard InChI is InChI=1S/C35H34N6O6S/c1-3-47-35(44)22(2)40-31(42)21-41(48(45,46)30-11-5-7-24-9-6-18-38-32(24)30)27-16-17-28-26(19-27)8-4-10-29(28)34(43)39-20-23-12-14-25(15-13-23)33(36)37/h4-19,22H,3,20-21H2,1-2H3,(H3,36,37)(H,39,43)(H,40,42). The molecule has 0 fully saturated rings. The number of fused-ring (bicyclic) bond motifs is 2. The van der Waals surface area contributed by atoms with E-state index >= 15 is 0 Å². The number of carbonyl (C=O) groups is 3. The minimum Gasteiger partial charge on any atom is -0.464 e. The Morgan fingerprint density at radius 2 is 1.67 bits per heavy atom. The molecule has 0 aliphatic carbocycles. The van der Waals surface area contributed by atoms with E-state index in [1.807, 2.05) is 0 Å². The molecule has 0 aliphatic heterocycles. The summed E-state index contributed by atoms with van der Waals surface area (Å²) in [6, 6.07) is 24.0. The van der Waals surface area contributed by atoms with Crippen LogP contribution in [0, 0.1) is 5.41 Å². The van der Waals surface area contributed by atoms with Crippen molar-refractivity contribution in [3.8, 4) is 0 Å². The lowest BCUT2D eigenvalue weighted by Crippen LogP contribution is -2.46. The second-order valence-corrected chi connectivity index (χ2v) is 12.7. The summed E-state index contributed by atoms with van der Waals surface area (Å²) in [5, 5.41) is 14.7. The molecule has 5 aromatic rings. The summed E-state index contributed by atoms with van der Waals surface area (Å²) in [6.07, 6.45) is 1.49. The Morgan fingerprint density at radius 1 is 0.958 bits per heavy atom. The van der Waals surface area contributed by atoms with E-state index in [9.17, 15) is 22.8 Å². The van der Waals surface area contributed by atoms with Crippen molar-refractivity contribution in [1.82, 2.24) is 15.6 Å². The maximum absolute atomic E-state index is 14.3. The first-order valence-electron chi connectivity index (χ1n) is 15.1. The molecular formula is C35H34N6O6S. The Kier molecular flexibility index (Phi) is 9.99. The summed E-state index contributed by atoms with van der Waals surface area (Å²) in [4.78, 5) is 42.9. The molecule has 5 N–H and O–H groups in total. The number of nitrogen functional groups attached to an aromatic ring is 1. The van der Waals surface area contributed by atoms with E-state index in [1.165, 1.54) is 25.3 Å². The van der Waals surface area contributed by atoms with Gasteiger partial charge in [-0.3, -0.25) is 24.3 Å². The van der Waals surface area contributed by atoms with Gasteiger partial charge in [-0.15, -0.1) is 0 Å². The quantitative estimate of drug-likeness (QED) is 0.0879. The number of nitrogens with two attached hydrogens (primary N) is 1. The van der Waals surface area contributed by atoms with Crippen LogP contribution in [0.5, 0.6) is 0 Å². The number of esters is 1. The maximum atomic E-state index is 14.3. The summed E-state index contributed by atoms with van der Waals surface area (Å²) in [5.74, 6) is -1.77. The van der Waals surface area contributed by atoms with Gasteiger partial charge in [-0.05, 0) is 60.5 Å².